The highest BCUT2D eigenvalue weighted by atomic mass is 14.9. The molecule has 1 fully saturated rings. The third kappa shape index (κ3) is 3.33. The minimum absolute atomic E-state index is 0.523. The summed E-state index contributed by atoms with van der Waals surface area (Å²) >= 11 is 0. The number of rotatable bonds is 6. The summed E-state index contributed by atoms with van der Waals surface area (Å²) in [5.74, 6) is 1.46. The summed E-state index contributed by atoms with van der Waals surface area (Å²) in [4.78, 5) is 4.61. The first kappa shape index (κ1) is 14.3. The van der Waals surface area contributed by atoms with Gasteiger partial charge in [-0.3, -0.25) is 4.98 Å². The second kappa shape index (κ2) is 6.40. The summed E-state index contributed by atoms with van der Waals surface area (Å²) in [5.41, 5.74) is 4.00. The highest BCUT2D eigenvalue weighted by molar-refractivity contribution is 5.27. The van der Waals surface area contributed by atoms with E-state index in [1.54, 1.807) is 0 Å². The van der Waals surface area contributed by atoms with Gasteiger partial charge in [0.05, 0.1) is 0 Å². The highest BCUT2D eigenvalue weighted by Crippen LogP contribution is 2.49. The molecule has 3 unspecified atom stereocenters. The van der Waals surface area contributed by atoms with Crippen molar-refractivity contribution in [2.75, 3.05) is 7.05 Å². The van der Waals surface area contributed by atoms with Crippen LogP contribution in [0.1, 0.15) is 36.1 Å². The molecular formula is C19H24N2. The predicted molar refractivity (Wildman–Crippen MR) is 87.5 cm³/mol. The van der Waals surface area contributed by atoms with Crippen LogP contribution in [0.15, 0.2) is 48.7 Å². The monoisotopic (exact) mass is 280 g/mol. The van der Waals surface area contributed by atoms with Crippen molar-refractivity contribution in [3.63, 3.8) is 0 Å². The molecular weight excluding hydrogens is 256 g/mol. The molecule has 0 aliphatic heterocycles. The first-order valence-corrected chi connectivity index (χ1v) is 7.97. The van der Waals surface area contributed by atoms with Gasteiger partial charge in [0.1, 0.15) is 0 Å². The first-order valence-electron chi connectivity index (χ1n) is 7.97. The Morgan fingerprint density at radius 3 is 2.62 bits per heavy atom. The number of aryl methyl sites for hydroxylation is 1. The van der Waals surface area contributed by atoms with Crippen LogP contribution >= 0.6 is 0 Å². The summed E-state index contributed by atoms with van der Waals surface area (Å²) in [7, 11) is 2.07. The van der Waals surface area contributed by atoms with Crippen LogP contribution in [0.2, 0.25) is 0 Å². The Morgan fingerprint density at radius 2 is 2.00 bits per heavy atom. The van der Waals surface area contributed by atoms with Gasteiger partial charge < -0.3 is 5.32 Å². The number of nitrogens with zero attached hydrogens (tertiary/aromatic N) is 1. The lowest BCUT2D eigenvalue weighted by Crippen LogP contribution is -2.30. The van der Waals surface area contributed by atoms with E-state index in [2.05, 4.69) is 66.7 Å². The Morgan fingerprint density at radius 1 is 1.19 bits per heavy atom. The molecule has 0 amide bonds. The first-order chi connectivity index (χ1) is 10.3. The SMILES string of the molecule is CCc1ccc(CC(NC)C2CC2c2ccccc2)nc1. The molecule has 1 aromatic heterocycles. The normalized spacial score (nSPS) is 22.0. The fourth-order valence-electron chi connectivity index (χ4n) is 3.22. The van der Waals surface area contributed by atoms with Crippen LogP contribution in [0.25, 0.3) is 0 Å². The number of benzene rings is 1. The van der Waals surface area contributed by atoms with Crippen molar-refractivity contribution < 1.29 is 0 Å². The highest BCUT2D eigenvalue weighted by Gasteiger charge is 2.43. The molecule has 1 aromatic carbocycles. The van der Waals surface area contributed by atoms with E-state index in [0.29, 0.717) is 6.04 Å². The van der Waals surface area contributed by atoms with Crippen molar-refractivity contribution in [1.29, 1.82) is 0 Å². The van der Waals surface area contributed by atoms with E-state index in [-0.39, 0.29) is 0 Å². The van der Waals surface area contributed by atoms with E-state index in [1.165, 1.54) is 23.2 Å². The molecule has 1 heterocycles. The van der Waals surface area contributed by atoms with Gasteiger partial charge in [0.25, 0.3) is 0 Å². The summed E-state index contributed by atoms with van der Waals surface area (Å²) in [6.45, 7) is 2.17. The molecule has 0 bridgehead atoms. The lowest BCUT2D eigenvalue weighted by atomic mass is 10.0. The minimum Gasteiger partial charge on any atom is -0.316 e. The number of hydrogen-bond acceptors (Lipinski definition) is 2. The van der Waals surface area contributed by atoms with Crippen LogP contribution in [0.3, 0.4) is 0 Å². The van der Waals surface area contributed by atoms with Gasteiger partial charge >= 0.3 is 0 Å². The molecule has 0 radical (unpaired) electrons. The molecule has 1 N–H and O–H groups in total. The molecule has 0 saturated heterocycles. The maximum atomic E-state index is 4.61. The van der Waals surface area contributed by atoms with Crippen LogP contribution in [0, 0.1) is 5.92 Å². The van der Waals surface area contributed by atoms with E-state index in [0.717, 1.165) is 24.7 Å². The quantitative estimate of drug-likeness (QED) is 0.875. The molecule has 1 aliphatic rings. The summed E-state index contributed by atoms with van der Waals surface area (Å²) in [6.07, 6.45) is 5.39. The third-order valence-corrected chi connectivity index (χ3v) is 4.68. The lowest BCUT2D eigenvalue weighted by Gasteiger charge is -2.16. The largest absolute Gasteiger partial charge is 0.316 e. The Bertz CT molecular complexity index is 562. The lowest BCUT2D eigenvalue weighted by molar-refractivity contribution is 0.486. The minimum atomic E-state index is 0.523. The summed E-state index contributed by atoms with van der Waals surface area (Å²) in [5, 5.41) is 3.50. The standard InChI is InChI=1S/C19H24N2/c1-3-14-9-10-16(21-13-14)11-19(20-2)18-12-17(18)15-7-5-4-6-8-15/h4-10,13,17-20H,3,11-12H2,1-2H3. The van der Waals surface area contributed by atoms with Gasteiger partial charge in [0, 0.05) is 24.4 Å². The number of aromatic nitrogens is 1. The smallest absolute Gasteiger partial charge is 0.0419 e. The van der Waals surface area contributed by atoms with Gasteiger partial charge in [-0.25, -0.2) is 0 Å². The number of nitrogens with one attached hydrogen (secondary N) is 1. The van der Waals surface area contributed by atoms with Gasteiger partial charge in [-0.05, 0) is 48.9 Å². The molecule has 2 heteroatoms. The second-order valence-electron chi connectivity index (χ2n) is 6.03. The maximum absolute atomic E-state index is 4.61. The van der Waals surface area contributed by atoms with Gasteiger partial charge in [-0.15, -0.1) is 0 Å². The molecule has 110 valence electrons. The average Bonchev–Trinajstić information content (AvgIpc) is 3.34. The summed E-state index contributed by atoms with van der Waals surface area (Å²) in [6, 6.07) is 15.8. The fraction of sp³-hybridized carbons (Fsp3) is 0.421. The van der Waals surface area contributed by atoms with Gasteiger partial charge in [0.2, 0.25) is 0 Å². The van der Waals surface area contributed by atoms with E-state index in [1.807, 2.05) is 6.20 Å². The molecule has 0 spiro atoms. The summed E-state index contributed by atoms with van der Waals surface area (Å²) < 4.78 is 0. The van der Waals surface area contributed by atoms with Crippen molar-refractivity contribution in [2.24, 2.45) is 5.92 Å². The molecule has 3 rings (SSSR count). The van der Waals surface area contributed by atoms with E-state index in [9.17, 15) is 0 Å². The molecule has 2 nitrogen and oxygen atoms in total. The Kier molecular flexibility index (Phi) is 4.35. The van der Waals surface area contributed by atoms with Gasteiger partial charge in [0.15, 0.2) is 0 Å². The Labute approximate surface area is 127 Å². The van der Waals surface area contributed by atoms with Crippen molar-refractivity contribution in [1.82, 2.24) is 10.3 Å². The van der Waals surface area contributed by atoms with Crippen LogP contribution < -0.4 is 5.32 Å². The van der Waals surface area contributed by atoms with Gasteiger partial charge in [-0.1, -0.05) is 43.3 Å². The van der Waals surface area contributed by atoms with E-state index >= 15 is 0 Å². The van der Waals surface area contributed by atoms with Crippen molar-refractivity contribution in [3.8, 4) is 0 Å². The molecule has 1 aliphatic carbocycles. The van der Waals surface area contributed by atoms with E-state index in [4.69, 9.17) is 0 Å². The van der Waals surface area contributed by atoms with Crippen molar-refractivity contribution in [2.45, 2.75) is 38.1 Å². The fourth-order valence-corrected chi connectivity index (χ4v) is 3.22. The van der Waals surface area contributed by atoms with Crippen LogP contribution in [0.4, 0.5) is 0 Å². The van der Waals surface area contributed by atoms with Crippen LogP contribution in [0.5, 0.6) is 0 Å². The van der Waals surface area contributed by atoms with Gasteiger partial charge in [-0.2, -0.15) is 0 Å². The Balaban J connectivity index is 1.64. The number of pyridine rings is 1. The van der Waals surface area contributed by atoms with Crippen molar-refractivity contribution in [3.05, 3.63) is 65.5 Å². The molecule has 2 aromatic rings. The molecule has 1 saturated carbocycles. The Hall–Kier alpha value is -1.67. The zero-order valence-corrected chi connectivity index (χ0v) is 12.9. The third-order valence-electron chi connectivity index (χ3n) is 4.68. The number of likely N-dealkylation sites (N-methyl/N-ethyl adjacent to an activating group) is 1. The zero-order valence-electron chi connectivity index (χ0n) is 12.9. The average molecular weight is 280 g/mol. The predicted octanol–water partition coefficient (Wildman–Crippen LogP) is 3.58. The second-order valence-corrected chi connectivity index (χ2v) is 6.03. The maximum Gasteiger partial charge on any atom is 0.0419 e. The zero-order chi connectivity index (χ0) is 14.7. The molecule has 21 heavy (non-hydrogen) atoms. The number of hydrogen-bond donors (Lipinski definition) is 1. The topological polar surface area (TPSA) is 24.9 Å². The van der Waals surface area contributed by atoms with Crippen LogP contribution in [-0.4, -0.2) is 18.1 Å². The van der Waals surface area contributed by atoms with Crippen molar-refractivity contribution >= 4 is 0 Å². The van der Waals surface area contributed by atoms with E-state index < -0.39 is 0 Å². The molecule has 3 atom stereocenters. The van der Waals surface area contributed by atoms with Crippen LogP contribution in [-0.2, 0) is 12.8 Å².